The fourth-order valence-corrected chi connectivity index (χ4v) is 7.12. The lowest BCUT2D eigenvalue weighted by atomic mass is 9.84. The number of fused-ring (bicyclic) bond motifs is 2. The molecule has 2 aliphatic rings. The van der Waals surface area contributed by atoms with E-state index in [0.717, 1.165) is 11.3 Å². The number of hydrogen-bond acceptors (Lipinski definition) is 9. The highest BCUT2D eigenvalue weighted by Gasteiger charge is 2.30. The van der Waals surface area contributed by atoms with Crippen molar-refractivity contribution in [1.29, 1.82) is 0 Å². The second-order valence-electron chi connectivity index (χ2n) is 8.59. The van der Waals surface area contributed by atoms with E-state index in [1.54, 1.807) is 30.3 Å². The lowest BCUT2D eigenvalue weighted by molar-refractivity contribution is -0.146. The zero-order valence-corrected chi connectivity index (χ0v) is 21.6. The Balaban J connectivity index is 1.16. The summed E-state index contributed by atoms with van der Waals surface area (Å²) < 4.78 is 37.2. The maximum atomic E-state index is 12.9. The fraction of sp³-hybridized carbons (Fsp3) is 0.231. The zero-order valence-electron chi connectivity index (χ0n) is 20.0. The topological polar surface area (TPSA) is 136 Å². The number of sulfonamides is 1. The van der Waals surface area contributed by atoms with Crippen LogP contribution in [-0.4, -0.2) is 69.1 Å². The summed E-state index contributed by atoms with van der Waals surface area (Å²) in [6.07, 6.45) is -0.189. The second-order valence-corrected chi connectivity index (χ2v) is 11.9. The zero-order chi connectivity index (χ0) is 26.9. The van der Waals surface area contributed by atoms with Gasteiger partial charge in [0.25, 0.3) is 15.9 Å². The third-order valence-corrected chi connectivity index (χ3v) is 9.54. The van der Waals surface area contributed by atoms with Crippen LogP contribution in [0.1, 0.15) is 36.7 Å². The molecule has 0 radical (unpaired) electrons. The minimum atomic E-state index is -3.66. The van der Waals surface area contributed by atoms with Gasteiger partial charge in [0.05, 0.1) is 19.6 Å². The summed E-state index contributed by atoms with van der Waals surface area (Å²) in [4.78, 5) is 50.7. The van der Waals surface area contributed by atoms with E-state index >= 15 is 0 Å². The van der Waals surface area contributed by atoms with Crippen LogP contribution in [0.3, 0.4) is 0 Å². The molecule has 1 aliphatic carbocycles. The molecule has 0 bridgehead atoms. The normalized spacial score (nSPS) is 15.5. The molecule has 0 atom stereocenters. The lowest BCUT2D eigenvalue weighted by Crippen LogP contribution is -2.40. The van der Waals surface area contributed by atoms with Gasteiger partial charge in [-0.2, -0.15) is 4.31 Å². The van der Waals surface area contributed by atoms with Crippen LogP contribution in [0.5, 0.6) is 0 Å². The number of hydrogen-bond donors (Lipinski definition) is 1. The average molecular weight is 555 g/mol. The molecule has 1 fully saturated rings. The van der Waals surface area contributed by atoms with E-state index in [-0.39, 0.29) is 52.1 Å². The number of ketones is 2. The van der Waals surface area contributed by atoms with Crippen LogP contribution in [0.4, 0.5) is 5.69 Å². The molecule has 1 aliphatic heterocycles. The highest BCUT2D eigenvalue weighted by atomic mass is 32.2. The van der Waals surface area contributed by atoms with Crippen LogP contribution in [0, 0.1) is 0 Å². The molecule has 38 heavy (non-hydrogen) atoms. The third-order valence-electron chi connectivity index (χ3n) is 6.09. The number of morpholine rings is 1. The van der Waals surface area contributed by atoms with Gasteiger partial charge in [0.15, 0.2) is 18.2 Å². The van der Waals surface area contributed by atoms with Crippen LogP contribution in [0.25, 0.3) is 0 Å². The van der Waals surface area contributed by atoms with Gasteiger partial charge in [0, 0.05) is 45.9 Å². The fourth-order valence-electron chi connectivity index (χ4n) is 4.22. The Morgan fingerprint density at radius 2 is 1.58 bits per heavy atom. The first-order valence-electron chi connectivity index (χ1n) is 11.7. The quantitative estimate of drug-likeness (QED) is 0.344. The molecule has 1 aromatic heterocycles. The van der Waals surface area contributed by atoms with Crippen molar-refractivity contribution >= 4 is 50.5 Å². The molecule has 2 aromatic carbocycles. The number of amides is 1. The molecule has 2 heterocycles. The monoisotopic (exact) mass is 554 g/mol. The van der Waals surface area contributed by atoms with Crippen molar-refractivity contribution in [3.05, 3.63) is 81.7 Å². The summed E-state index contributed by atoms with van der Waals surface area (Å²) in [6, 6.07) is 13.9. The van der Waals surface area contributed by atoms with Crippen molar-refractivity contribution in [2.24, 2.45) is 0 Å². The number of carbonyl (C=O) groups is 4. The Hall–Kier alpha value is -3.71. The Bertz CT molecular complexity index is 1550. The maximum absolute atomic E-state index is 12.9. The van der Waals surface area contributed by atoms with E-state index in [1.807, 2.05) is 0 Å². The lowest BCUT2D eigenvalue weighted by Gasteiger charge is -2.25. The molecule has 10 nitrogen and oxygen atoms in total. The summed E-state index contributed by atoms with van der Waals surface area (Å²) in [5.41, 5.74) is 1.36. The van der Waals surface area contributed by atoms with Crippen molar-refractivity contribution in [3.8, 4) is 0 Å². The number of anilines is 1. The number of nitrogens with one attached hydrogen (secondary N) is 1. The minimum Gasteiger partial charge on any atom is -0.455 e. The summed E-state index contributed by atoms with van der Waals surface area (Å²) in [7, 11) is -3.66. The number of carbonyl (C=O) groups excluding carboxylic acids is 4. The van der Waals surface area contributed by atoms with E-state index in [0.29, 0.717) is 29.2 Å². The number of benzene rings is 2. The van der Waals surface area contributed by atoms with Crippen LogP contribution in [0.15, 0.2) is 58.8 Å². The molecule has 1 N–H and O–H groups in total. The Kier molecular flexibility index (Phi) is 7.21. The van der Waals surface area contributed by atoms with Gasteiger partial charge in [-0.05, 0) is 30.3 Å². The molecule has 5 rings (SSSR count). The molecular weight excluding hydrogens is 532 g/mol. The van der Waals surface area contributed by atoms with Crippen LogP contribution < -0.4 is 5.32 Å². The van der Waals surface area contributed by atoms with Gasteiger partial charge in [-0.3, -0.25) is 19.2 Å². The number of ether oxygens (including phenoxy) is 2. The predicted molar refractivity (Wildman–Crippen MR) is 137 cm³/mol. The highest BCUT2D eigenvalue weighted by Crippen LogP contribution is 2.29. The summed E-state index contributed by atoms with van der Waals surface area (Å²) >= 11 is 0.976. The number of rotatable bonds is 7. The summed E-state index contributed by atoms with van der Waals surface area (Å²) in [6.45, 7) is 0.638. The van der Waals surface area contributed by atoms with Crippen LogP contribution >= 0.6 is 11.3 Å². The molecule has 1 amide bonds. The van der Waals surface area contributed by atoms with Crippen molar-refractivity contribution in [2.45, 2.75) is 10.6 Å². The molecular formula is C26H22N2O8S2. The van der Waals surface area contributed by atoms with Gasteiger partial charge in [-0.25, -0.2) is 8.42 Å². The van der Waals surface area contributed by atoms with Crippen LogP contribution in [-0.2, 0) is 35.5 Å². The smallest absolute Gasteiger partial charge is 0.311 e. The first kappa shape index (κ1) is 25.9. The van der Waals surface area contributed by atoms with Gasteiger partial charge in [0.1, 0.15) is 4.21 Å². The van der Waals surface area contributed by atoms with Crippen LogP contribution in [0.2, 0.25) is 0 Å². The van der Waals surface area contributed by atoms with Gasteiger partial charge >= 0.3 is 5.97 Å². The van der Waals surface area contributed by atoms with E-state index < -0.39 is 28.5 Å². The van der Waals surface area contributed by atoms with Gasteiger partial charge in [0.2, 0.25) is 0 Å². The van der Waals surface area contributed by atoms with Gasteiger partial charge in [-0.15, -0.1) is 11.3 Å². The Morgan fingerprint density at radius 1 is 0.921 bits per heavy atom. The minimum absolute atomic E-state index is 0.128. The molecule has 0 saturated carbocycles. The summed E-state index contributed by atoms with van der Waals surface area (Å²) in [5.74, 6) is -1.91. The standard InChI is InChI=1S/C26H22N2O8S2/c29-22(27-16-5-7-20-21(13-16)26(32)19-4-2-1-3-18(19)25(20)31)15-36-23(30)14-17-6-8-24(37-17)38(33,34)28-9-11-35-12-10-28/h1-8,13H,9-12,14-15H2,(H,27,29). The highest BCUT2D eigenvalue weighted by molar-refractivity contribution is 7.91. The molecule has 0 spiro atoms. The SMILES string of the molecule is O=C(COC(=O)Cc1ccc(S(=O)(=O)N2CCOCC2)s1)Nc1ccc2c(c1)C(=O)c1ccccc1C2=O. The predicted octanol–water partition coefficient (Wildman–Crippen LogP) is 2.27. The van der Waals surface area contributed by atoms with E-state index in [1.165, 1.54) is 28.6 Å². The summed E-state index contributed by atoms with van der Waals surface area (Å²) in [5, 5.41) is 2.56. The first-order chi connectivity index (χ1) is 18.2. The van der Waals surface area contributed by atoms with Crippen molar-refractivity contribution in [1.82, 2.24) is 4.31 Å². The molecule has 1 saturated heterocycles. The number of thiophene rings is 1. The Morgan fingerprint density at radius 3 is 2.29 bits per heavy atom. The van der Waals surface area contributed by atoms with Crippen molar-refractivity contribution in [2.75, 3.05) is 38.2 Å². The molecule has 196 valence electrons. The largest absolute Gasteiger partial charge is 0.455 e. The number of nitrogens with zero attached hydrogens (tertiary/aromatic N) is 1. The molecule has 0 unspecified atom stereocenters. The van der Waals surface area contributed by atoms with Crippen molar-refractivity contribution in [3.63, 3.8) is 0 Å². The average Bonchev–Trinajstić information content (AvgIpc) is 3.40. The Labute approximate surface area is 222 Å². The third kappa shape index (κ3) is 5.16. The second kappa shape index (κ2) is 10.6. The van der Waals surface area contributed by atoms with Crippen molar-refractivity contribution < 1.29 is 37.1 Å². The molecule has 3 aromatic rings. The van der Waals surface area contributed by atoms with Gasteiger partial charge < -0.3 is 14.8 Å². The first-order valence-corrected chi connectivity index (χ1v) is 13.9. The maximum Gasteiger partial charge on any atom is 0.311 e. The van der Waals surface area contributed by atoms with E-state index in [4.69, 9.17) is 9.47 Å². The molecule has 12 heteroatoms. The van der Waals surface area contributed by atoms with E-state index in [2.05, 4.69) is 5.32 Å². The van der Waals surface area contributed by atoms with E-state index in [9.17, 15) is 27.6 Å². The number of esters is 1. The van der Waals surface area contributed by atoms with Gasteiger partial charge in [-0.1, -0.05) is 24.3 Å².